The standard InChI is InChI=1S/C23H21ClN2O6S/c1-30-20-10-8-17(12-19(20)24)26(33(28,29)18-5-3-2-4-6-18)14-23(27)25-13-16-7-9-21-22(11-16)32-15-31-21/h2-12H,13-15H2,1H3,(H,25,27). The molecule has 1 aliphatic rings. The molecule has 0 aliphatic carbocycles. The lowest BCUT2D eigenvalue weighted by Crippen LogP contribution is -2.40. The lowest BCUT2D eigenvalue weighted by Gasteiger charge is -2.24. The summed E-state index contributed by atoms with van der Waals surface area (Å²) >= 11 is 6.22. The molecule has 10 heteroatoms. The second-order valence-electron chi connectivity index (χ2n) is 7.11. The Balaban J connectivity index is 1.56. The number of hydrogen-bond donors (Lipinski definition) is 1. The van der Waals surface area contributed by atoms with Crippen molar-refractivity contribution < 1.29 is 27.4 Å². The first-order valence-corrected chi connectivity index (χ1v) is 11.8. The smallest absolute Gasteiger partial charge is 0.264 e. The Morgan fingerprint density at radius 2 is 1.82 bits per heavy atom. The largest absolute Gasteiger partial charge is 0.495 e. The van der Waals surface area contributed by atoms with E-state index in [0.717, 1.165) is 9.87 Å². The lowest BCUT2D eigenvalue weighted by molar-refractivity contribution is -0.119. The molecule has 1 heterocycles. The Bertz CT molecular complexity index is 1270. The second kappa shape index (κ2) is 9.60. The number of hydrogen-bond acceptors (Lipinski definition) is 6. The molecule has 0 saturated heterocycles. The minimum Gasteiger partial charge on any atom is -0.495 e. The highest BCUT2D eigenvalue weighted by atomic mass is 35.5. The van der Waals surface area contributed by atoms with Gasteiger partial charge in [0.1, 0.15) is 12.3 Å². The fourth-order valence-electron chi connectivity index (χ4n) is 3.28. The molecule has 0 unspecified atom stereocenters. The van der Waals surface area contributed by atoms with E-state index in [0.29, 0.717) is 17.2 Å². The number of sulfonamides is 1. The number of halogens is 1. The Hall–Kier alpha value is -3.43. The molecule has 0 radical (unpaired) electrons. The average Bonchev–Trinajstić information content (AvgIpc) is 3.29. The summed E-state index contributed by atoms with van der Waals surface area (Å²) < 4.78 is 43.6. The van der Waals surface area contributed by atoms with Gasteiger partial charge in [-0.3, -0.25) is 9.10 Å². The first-order valence-electron chi connectivity index (χ1n) is 9.95. The van der Waals surface area contributed by atoms with Crippen molar-refractivity contribution in [2.45, 2.75) is 11.4 Å². The Morgan fingerprint density at radius 3 is 2.55 bits per heavy atom. The third kappa shape index (κ3) is 4.99. The van der Waals surface area contributed by atoms with Crippen LogP contribution in [0.25, 0.3) is 0 Å². The summed E-state index contributed by atoms with van der Waals surface area (Å²) in [6, 6.07) is 17.8. The molecule has 0 bridgehead atoms. The fraction of sp³-hybridized carbons (Fsp3) is 0.174. The van der Waals surface area contributed by atoms with Gasteiger partial charge in [-0.25, -0.2) is 8.42 Å². The molecule has 3 aromatic rings. The van der Waals surface area contributed by atoms with Gasteiger partial charge in [0, 0.05) is 6.54 Å². The number of benzene rings is 3. The monoisotopic (exact) mass is 488 g/mol. The van der Waals surface area contributed by atoms with Crippen molar-refractivity contribution in [2.75, 3.05) is 24.8 Å². The molecular weight excluding hydrogens is 468 g/mol. The van der Waals surface area contributed by atoms with Gasteiger partial charge in [0.2, 0.25) is 12.7 Å². The fourth-order valence-corrected chi connectivity index (χ4v) is 4.97. The maximum absolute atomic E-state index is 13.4. The number of nitrogens with zero attached hydrogens (tertiary/aromatic N) is 1. The number of anilines is 1. The summed E-state index contributed by atoms with van der Waals surface area (Å²) in [6.07, 6.45) is 0. The van der Waals surface area contributed by atoms with Crippen LogP contribution in [-0.2, 0) is 21.4 Å². The molecule has 1 amide bonds. The van der Waals surface area contributed by atoms with Crippen LogP contribution in [0.15, 0.2) is 71.6 Å². The normalized spacial score (nSPS) is 12.3. The summed E-state index contributed by atoms with van der Waals surface area (Å²) in [7, 11) is -2.58. The molecule has 1 aliphatic heterocycles. The first kappa shape index (κ1) is 22.8. The van der Waals surface area contributed by atoms with Gasteiger partial charge in [0.05, 0.1) is 22.7 Å². The molecule has 172 valence electrons. The molecule has 4 rings (SSSR count). The third-order valence-corrected chi connectivity index (χ3v) is 7.05. The van der Waals surface area contributed by atoms with Crippen molar-refractivity contribution in [1.82, 2.24) is 5.32 Å². The van der Waals surface area contributed by atoms with Crippen LogP contribution in [-0.4, -0.2) is 34.8 Å². The zero-order chi connectivity index (χ0) is 23.4. The molecule has 0 saturated carbocycles. The van der Waals surface area contributed by atoms with Gasteiger partial charge in [-0.2, -0.15) is 0 Å². The van der Waals surface area contributed by atoms with Crippen molar-refractivity contribution in [3.8, 4) is 17.2 Å². The molecule has 0 atom stereocenters. The van der Waals surface area contributed by atoms with E-state index in [1.54, 1.807) is 42.5 Å². The maximum Gasteiger partial charge on any atom is 0.264 e. The topological polar surface area (TPSA) is 94.2 Å². The van der Waals surface area contributed by atoms with E-state index < -0.39 is 22.5 Å². The molecule has 1 N–H and O–H groups in total. The maximum atomic E-state index is 13.4. The zero-order valence-corrected chi connectivity index (χ0v) is 19.2. The van der Waals surface area contributed by atoms with E-state index in [1.807, 2.05) is 0 Å². The van der Waals surface area contributed by atoms with E-state index in [-0.39, 0.29) is 28.9 Å². The van der Waals surface area contributed by atoms with Crippen LogP contribution in [0.2, 0.25) is 5.02 Å². The van der Waals surface area contributed by atoms with E-state index in [4.69, 9.17) is 25.8 Å². The zero-order valence-electron chi connectivity index (χ0n) is 17.7. The van der Waals surface area contributed by atoms with Crippen LogP contribution in [0.3, 0.4) is 0 Å². The van der Waals surface area contributed by atoms with Gasteiger partial charge in [-0.1, -0.05) is 35.9 Å². The molecule has 3 aromatic carbocycles. The molecule has 0 aromatic heterocycles. The van der Waals surface area contributed by atoms with E-state index in [9.17, 15) is 13.2 Å². The third-order valence-electron chi connectivity index (χ3n) is 4.97. The van der Waals surface area contributed by atoms with Crippen molar-refractivity contribution in [1.29, 1.82) is 0 Å². The van der Waals surface area contributed by atoms with Crippen molar-refractivity contribution in [2.24, 2.45) is 0 Å². The highest BCUT2D eigenvalue weighted by Crippen LogP contribution is 2.33. The number of carbonyl (C=O) groups is 1. The number of carbonyl (C=O) groups excluding carboxylic acids is 1. The second-order valence-corrected chi connectivity index (χ2v) is 9.38. The molecular formula is C23H21ClN2O6S. The van der Waals surface area contributed by atoms with Crippen molar-refractivity contribution in [3.63, 3.8) is 0 Å². The quantitative estimate of drug-likeness (QED) is 0.520. The number of methoxy groups -OCH3 is 1. The highest BCUT2D eigenvalue weighted by Gasteiger charge is 2.27. The summed E-state index contributed by atoms with van der Waals surface area (Å²) in [4.78, 5) is 12.8. The van der Waals surface area contributed by atoms with Gasteiger partial charge in [0.25, 0.3) is 10.0 Å². The van der Waals surface area contributed by atoms with Gasteiger partial charge in [-0.15, -0.1) is 0 Å². The molecule has 8 nitrogen and oxygen atoms in total. The van der Waals surface area contributed by atoms with Crippen LogP contribution in [0, 0.1) is 0 Å². The minimum absolute atomic E-state index is 0.0560. The molecule has 0 spiro atoms. The molecule has 33 heavy (non-hydrogen) atoms. The van der Waals surface area contributed by atoms with Crippen LogP contribution in [0.5, 0.6) is 17.2 Å². The number of amides is 1. The van der Waals surface area contributed by atoms with E-state index in [2.05, 4.69) is 5.32 Å². The summed E-state index contributed by atoms with van der Waals surface area (Å²) in [5.74, 6) is 1.15. The SMILES string of the molecule is COc1ccc(N(CC(=O)NCc2ccc3c(c2)OCO3)S(=O)(=O)c2ccccc2)cc1Cl. The lowest BCUT2D eigenvalue weighted by atomic mass is 10.2. The van der Waals surface area contributed by atoms with Crippen LogP contribution >= 0.6 is 11.6 Å². The summed E-state index contributed by atoms with van der Waals surface area (Å²) in [5.41, 5.74) is 1.03. The number of nitrogens with one attached hydrogen (secondary N) is 1. The van der Waals surface area contributed by atoms with Crippen molar-refractivity contribution in [3.05, 3.63) is 77.3 Å². The highest BCUT2D eigenvalue weighted by molar-refractivity contribution is 7.92. The predicted octanol–water partition coefficient (Wildman–Crippen LogP) is 3.59. The number of fused-ring (bicyclic) bond motifs is 1. The van der Waals surface area contributed by atoms with E-state index >= 15 is 0 Å². The van der Waals surface area contributed by atoms with Gasteiger partial charge in [0.15, 0.2) is 11.5 Å². The Labute approximate surface area is 196 Å². The van der Waals surface area contributed by atoms with Crippen molar-refractivity contribution >= 4 is 33.2 Å². The van der Waals surface area contributed by atoms with Crippen LogP contribution in [0.4, 0.5) is 5.69 Å². The molecule has 0 fully saturated rings. The Morgan fingerprint density at radius 1 is 1.06 bits per heavy atom. The van der Waals surface area contributed by atoms with Gasteiger partial charge < -0.3 is 19.5 Å². The average molecular weight is 489 g/mol. The van der Waals surface area contributed by atoms with Gasteiger partial charge in [-0.05, 0) is 48.0 Å². The summed E-state index contributed by atoms with van der Waals surface area (Å²) in [6.45, 7) is -0.0929. The van der Waals surface area contributed by atoms with Gasteiger partial charge >= 0.3 is 0 Å². The Kier molecular flexibility index (Phi) is 6.62. The van der Waals surface area contributed by atoms with E-state index in [1.165, 1.54) is 31.4 Å². The summed E-state index contributed by atoms with van der Waals surface area (Å²) in [5, 5.41) is 2.98. The van der Waals surface area contributed by atoms with Crippen LogP contribution < -0.4 is 23.8 Å². The van der Waals surface area contributed by atoms with Crippen LogP contribution in [0.1, 0.15) is 5.56 Å². The first-order chi connectivity index (χ1) is 15.9. The minimum atomic E-state index is -4.04. The number of ether oxygens (including phenoxy) is 3. The predicted molar refractivity (Wildman–Crippen MR) is 123 cm³/mol. The number of rotatable bonds is 8.